The van der Waals surface area contributed by atoms with Crippen LogP contribution in [0.15, 0.2) is 72.3 Å². The lowest BCUT2D eigenvalue weighted by atomic mass is 10.0. The van der Waals surface area contributed by atoms with E-state index in [0.717, 1.165) is 78.8 Å². The number of aromatic nitrogens is 2. The number of fused-ring (bicyclic) bond motifs is 1. The zero-order valence-electron chi connectivity index (χ0n) is 20.1. The van der Waals surface area contributed by atoms with Gasteiger partial charge in [-0.05, 0) is 36.1 Å². The molecule has 0 atom stereocenters. The van der Waals surface area contributed by atoms with Crippen molar-refractivity contribution in [2.45, 2.75) is 45.7 Å². The first-order chi connectivity index (χ1) is 17.2. The molecule has 1 aromatic heterocycles. The fourth-order valence-corrected chi connectivity index (χ4v) is 4.74. The van der Waals surface area contributed by atoms with Gasteiger partial charge < -0.3 is 14.5 Å². The van der Waals surface area contributed by atoms with Crippen LogP contribution in [-0.4, -0.2) is 33.1 Å². The summed E-state index contributed by atoms with van der Waals surface area (Å²) < 4.78 is 11.1. The van der Waals surface area contributed by atoms with Gasteiger partial charge in [-0.3, -0.25) is 4.90 Å². The second-order valence-electron chi connectivity index (χ2n) is 9.06. The van der Waals surface area contributed by atoms with E-state index < -0.39 is 0 Å². The number of nitrogens with zero attached hydrogens (tertiary/aromatic N) is 2. The molecule has 5 rings (SSSR count). The Labute approximate surface area is 212 Å². The van der Waals surface area contributed by atoms with E-state index in [1.54, 1.807) is 0 Å². The molecule has 35 heavy (non-hydrogen) atoms. The highest BCUT2D eigenvalue weighted by Gasteiger charge is 2.20. The summed E-state index contributed by atoms with van der Waals surface area (Å²) in [7, 11) is 0. The van der Waals surface area contributed by atoms with Crippen LogP contribution in [0.25, 0.3) is 11.4 Å². The van der Waals surface area contributed by atoms with Crippen molar-refractivity contribution in [2.75, 3.05) is 13.3 Å². The summed E-state index contributed by atoms with van der Waals surface area (Å²) in [6, 6.07) is 16.6. The Morgan fingerprint density at radius 1 is 1.03 bits per heavy atom. The van der Waals surface area contributed by atoms with E-state index in [4.69, 9.17) is 26.7 Å². The van der Waals surface area contributed by atoms with Gasteiger partial charge in [0.2, 0.25) is 6.79 Å². The van der Waals surface area contributed by atoms with E-state index in [1.807, 2.05) is 12.1 Å². The molecule has 2 aliphatic rings. The molecule has 0 unspecified atom stereocenters. The quantitative estimate of drug-likeness (QED) is 0.337. The number of aryl methyl sites for hydroxylation is 1. The molecule has 0 saturated carbocycles. The molecule has 3 aromatic rings. The van der Waals surface area contributed by atoms with Gasteiger partial charge in [0.05, 0.1) is 11.4 Å². The minimum atomic E-state index is 0.285. The van der Waals surface area contributed by atoms with E-state index in [2.05, 4.69) is 71.4 Å². The van der Waals surface area contributed by atoms with Crippen molar-refractivity contribution in [3.05, 3.63) is 89.3 Å². The van der Waals surface area contributed by atoms with Crippen molar-refractivity contribution in [3.8, 4) is 22.9 Å². The lowest BCUT2D eigenvalue weighted by Gasteiger charge is -2.25. The third kappa shape index (κ3) is 5.72. The number of ether oxygens (including phenoxy) is 2. The van der Waals surface area contributed by atoms with Crippen molar-refractivity contribution in [1.29, 1.82) is 0 Å². The first-order valence-corrected chi connectivity index (χ1v) is 12.7. The molecule has 0 amide bonds. The van der Waals surface area contributed by atoms with Crippen LogP contribution >= 0.6 is 12.2 Å². The van der Waals surface area contributed by atoms with Crippen LogP contribution in [-0.2, 0) is 19.5 Å². The zero-order valence-corrected chi connectivity index (χ0v) is 20.9. The molecule has 2 heterocycles. The van der Waals surface area contributed by atoms with Gasteiger partial charge in [0, 0.05) is 36.5 Å². The van der Waals surface area contributed by atoms with E-state index in [0.29, 0.717) is 0 Å². The highest BCUT2D eigenvalue weighted by Crippen LogP contribution is 2.33. The number of nitrogens with one attached hydrogen (secondary N) is 1. The van der Waals surface area contributed by atoms with Crippen LogP contribution < -0.4 is 9.47 Å². The van der Waals surface area contributed by atoms with Crippen molar-refractivity contribution in [3.63, 3.8) is 0 Å². The number of hydrogen-bond donors (Lipinski definition) is 1. The highest BCUT2D eigenvalue weighted by molar-refractivity contribution is 7.80. The first kappa shape index (κ1) is 23.5. The molecule has 2 aromatic carbocycles. The van der Waals surface area contributed by atoms with Crippen molar-refractivity contribution in [1.82, 2.24) is 14.9 Å². The highest BCUT2D eigenvalue weighted by atomic mass is 32.1. The van der Waals surface area contributed by atoms with Crippen LogP contribution in [0.1, 0.15) is 43.1 Å². The molecule has 180 valence electrons. The second kappa shape index (κ2) is 11.0. The Hall–Kier alpha value is -3.22. The topological polar surface area (TPSA) is 50.4 Å². The summed E-state index contributed by atoms with van der Waals surface area (Å²) in [6.07, 6.45) is 10.5. The number of unbranched alkanes of at least 4 members (excludes halogenated alkanes) is 1. The number of imidazole rings is 1. The molecule has 1 N–H and O–H groups in total. The molecular formula is C29H31N3O2S. The van der Waals surface area contributed by atoms with Crippen LogP contribution in [0, 0.1) is 0 Å². The SMILES string of the molecule is CCCCc1nc(-c2ccccc2)[nH]c1CN(CC1=CC=CCC1=S)Cc1ccc2c(c1)OCO2. The monoisotopic (exact) mass is 485 g/mol. The summed E-state index contributed by atoms with van der Waals surface area (Å²) >= 11 is 5.69. The van der Waals surface area contributed by atoms with Gasteiger partial charge in [0.25, 0.3) is 0 Å². The smallest absolute Gasteiger partial charge is 0.231 e. The number of benzene rings is 2. The molecule has 0 bridgehead atoms. The Kier molecular flexibility index (Phi) is 7.40. The third-order valence-corrected chi connectivity index (χ3v) is 6.82. The van der Waals surface area contributed by atoms with Crippen molar-refractivity contribution in [2.24, 2.45) is 0 Å². The van der Waals surface area contributed by atoms with E-state index in [-0.39, 0.29) is 6.79 Å². The van der Waals surface area contributed by atoms with Crippen LogP contribution in [0.3, 0.4) is 0 Å². The summed E-state index contributed by atoms with van der Waals surface area (Å²) in [4.78, 5) is 12.1. The van der Waals surface area contributed by atoms with Gasteiger partial charge in [0.15, 0.2) is 11.5 Å². The molecule has 5 nitrogen and oxygen atoms in total. The first-order valence-electron chi connectivity index (χ1n) is 12.3. The largest absolute Gasteiger partial charge is 0.454 e. The second-order valence-corrected chi connectivity index (χ2v) is 9.55. The van der Waals surface area contributed by atoms with Gasteiger partial charge in [0.1, 0.15) is 5.82 Å². The number of thiocarbonyl (C=S) groups is 1. The van der Waals surface area contributed by atoms with Gasteiger partial charge in [-0.2, -0.15) is 0 Å². The van der Waals surface area contributed by atoms with Crippen molar-refractivity contribution >= 4 is 17.1 Å². The molecule has 0 saturated heterocycles. The average Bonchev–Trinajstić information content (AvgIpc) is 3.51. The Bertz CT molecular complexity index is 1250. The molecule has 0 spiro atoms. The maximum absolute atomic E-state index is 5.69. The summed E-state index contributed by atoms with van der Waals surface area (Å²) in [5.74, 6) is 2.56. The van der Waals surface area contributed by atoms with E-state index >= 15 is 0 Å². The fraction of sp³-hybridized carbons (Fsp3) is 0.310. The zero-order chi connectivity index (χ0) is 24.0. The van der Waals surface area contributed by atoms with E-state index in [1.165, 1.54) is 16.8 Å². The number of H-pyrrole nitrogens is 1. The maximum Gasteiger partial charge on any atom is 0.231 e. The average molecular weight is 486 g/mol. The minimum Gasteiger partial charge on any atom is -0.454 e. The minimum absolute atomic E-state index is 0.285. The molecule has 1 aliphatic carbocycles. The summed E-state index contributed by atoms with van der Waals surface area (Å²) in [6.45, 7) is 4.82. The standard InChI is InChI=1S/C29H31N3O2S/c1-2-3-12-24-25(31-29(30-24)22-9-5-4-6-10-22)19-32(18-23-11-7-8-13-28(23)35)17-21-14-15-26-27(16-21)34-20-33-26/h4-11,14-16H,2-3,12-13,17-20H2,1H3,(H,30,31). The van der Waals surface area contributed by atoms with Gasteiger partial charge in [-0.15, -0.1) is 0 Å². The van der Waals surface area contributed by atoms with E-state index in [9.17, 15) is 0 Å². The molecule has 6 heteroatoms. The molecular weight excluding hydrogens is 454 g/mol. The predicted octanol–water partition coefficient (Wildman–Crippen LogP) is 6.41. The predicted molar refractivity (Wildman–Crippen MR) is 144 cm³/mol. The van der Waals surface area contributed by atoms with Crippen molar-refractivity contribution < 1.29 is 9.47 Å². The maximum atomic E-state index is 5.69. The lowest BCUT2D eigenvalue weighted by Crippen LogP contribution is -2.28. The molecule has 0 fully saturated rings. The number of rotatable bonds is 10. The Balaban J connectivity index is 1.44. The fourth-order valence-electron chi connectivity index (χ4n) is 4.51. The summed E-state index contributed by atoms with van der Waals surface area (Å²) in [5.41, 5.74) is 5.84. The van der Waals surface area contributed by atoms with Crippen LogP contribution in [0.5, 0.6) is 11.5 Å². The molecule has 1 aliphatic heterocycles. The number of aromatic amines is 1. The number of allylic oxidation sites excluding steroid dienone is 3. The van der Waals surface area contributed by atoms with Crippen LogP contribution in [0.2, 0.25) is 0 Å². The van der Waals surface area contributed by atoms with Crippen LogP contribution in [0.4, 0.5) is 0 Å². The molecule has 0 radical (unpaired) electrons. The third-order valence-electron chi connectivity index (χ3n) is 6.39. The Morgan fingerprint density at radius 3 is 2.71 bits per heavy atom. The van der Waals surface area contributed by atoms with Gasteiger partial charge in [-0.1, -0.05) is 80.2 Å². The Morgan fingerprint density at radius 2 is 1.89 bits per heavy atom. The lowest BCUT2D eigenvalue weighted by molar-refractivity contribution is 0.174. The van der Waals surface area contributed by atoms with Gasteiger partial charge >= 0.3 is 0 Å². The normalized spacial score (nSPS) is 14.6. The van der Waals surface area contributed by atoms with Gasteiger partial charge in [-0.25, -0.2) is 4.98 Å². The number of hydrogen-bond acceptors (Lipinski definition) is 5. The summed E-state index contributed by atoms with van der Waals surface area (Å²) in [5, 5.41) is 0.